The van der Waals surface area contributed by atoms with Gasteiger partial charge in [0.15, 0.2) is 0 Å². The van der Waals surface area contributed by atoms with Crippen LogP contribution in [0.15, 0.2) is 56.5 Å². The highest BCUT2D eigenvalue weighted by atomic mass is 79.9. The van der Waals surface area contributed by atoms with Crippen LogP contribution in [-0.4, -0.2) is 31.5 Å². The molecule has 0 bridgehead atoms. The van der Waals surface area contributed by atoms with Gasteiger partial charge in [0.2, 0.25) is 0 Å². The Morgan fingerprint density at radius 2 is 1.83 bits per heavy atom. The van der Waals surface area contributed by atoms with Crippen LogP contribution in [0.4, 0.5) is 5.69 Å². The van der Waals surface area contributed by atoms with Crippen LogP contribution in [0, 0.1) is 0 Å². The van der Waals surface area contributed by atoms with Crippen molar-refractivity contribution in [1.82, 2.24) is 4.90 Å². The molecule has 160 valence electrons. The zero-order valence-electron chi connectivity index (χ0n) is 15.8. The quantitative estimate of drug-likeness (QED) is 0.306. The predicted octanol–water partition coefficient (Wildman–Crippen LogP) is 5.91. The van der Waals surface area contributed by atoms with Crippen molar-refractivity contribution in [2.75, 3.05) is 19.3 Å². The lowest BCUT2D eigenvalue weighted by Crippen LogP contribution is -2.31. The summed E-state index contributed by atoms with van der Waals surface area (Å²) >= 11 is 16.6. The minimum absolute atomic E-state index is 0.0422. The molecule has 30 heavy (non-hydrogen) atoms. The van der Waals surface area contributed by atoms with Crippen molar-refractivity contribution in [2.45, 2.75) is 16.7 Å². The van der Waals surface area contributed by atoms with Crippen molar-refractivity contribution in [3.05, 3.63) is 79.1 Å². The SMILES string of the molecule is CN1Cc2c(Cl)cc(Cl)cc2C(c2ccc(N)cc2)C1.O=S(=O)(O)c1ccc(Br)s1. The van der Waals surface area contributed by atoms with Crippen LogP contribution < -0.4 is 5.73 Å². The number of thiophene rings is 1. The molecule has 1 unspecified atom stereocenters. The maximum absolute atomic E-state index is 10.4. The molecule has 0 amide bonds. The summed E-state index contributed by atoms with van der Waals surface area (Å²) in [5.74, 6) is 0.278. The van der Waals surface area contributed by atoms with Crippen molar-refractivity contribution >= 4 is 66.3 Å². The molecule has 3 N–H and O–H groups in total. The van der Waals surface area contributed by atoms with E-state index in [2.05, 4.69) is 40.0 Å². The number of rotatable bonds is 2. The zero-order valence-corrected chi connectivity index (χ0v) is 20.6. The summed E-state index contributed by atoms with van der Waals surface area (Å²) in [6.45, 7) is 1.81. The van der Waals surface area contributed by atoms with Gasteiger partial charge in [-0.1, -0.05) is 35.3 Å². The van der Waals surface area contributed by atoms with Crippen LogP contribution in [0.2, 0.25) is 10.0 Å². The van der Waals surface area contributed by atoms with Gasteiger partial charge in [-0.25, -0.2) is 0 Å². The number of anilines is 1. The van der Waals surface area contributed by atoms with Gasteiger partial charge in [0.1, 0.15) is 4.21 Å². The van der Waals surface area contributed by atoms with E-state index in [4.69, 9.17) is 33.5 Å². The Morgan fingerprint density at radius 1 is 1.17 bits per heavy atom. The smallest absolute Gasteiger partial charge is 0.304 e. The summed E-state index contributed by atoms with van der Waals surface area (Å²) < 4.78 is 29.9. The second kappa shape index (κ2) is 9.56. The largest absolute Gasteiger partial charge is 0.399 e. The maximum atomic E-state index is 10.4. The van der Waals surface area contributed by atoms with Gasteiger partial charge < -0.3 is 10.6 Å². The molecule has 1 aromatic heterocycles. The van der Waals surface area contributed by atoms with Gasteiger partial charge in [-0.15, -0.1) is 11.3 Å². The molecule has 2 aromatic carbocycles. The Hall–Kier alpha value is -1.13. The normalized spacial score (nSPS) is 16.5. The summed E-state index contributed by atoms with van der Waals surface area (Å²) in [6, 6.07) is 14.8. The van der Waals surface area contributed by atoms with E-state index < -0.39 is 10.1 Å². The molecule has 2 heterocycles. The molecule has 0 saturated heterocycles. The van der Waals surface area contributed by atoms with E-state index in [-0.39, 0.29) is 10.1 Å². The number of likely N-dealkylation sites (N-methyl/N-ethyl adjacent to an activating group) is 1. The number of benzene rings is 2. The summed E-state index contributed by atoms with van der Waals surface area (Å²) in [6.07, 6.45) is 0. The summed E-state index contributed by atoms with van der Waals surface area (Å²) in [5, 5.41) is 1.44. The lowest BCUT2D eigenvalue weighted by molar-refractivity contribution is 0.295. The van der Waals surface area contributed by atoms with E-state index >= 15 is 0 Å². The molecule has 1 atom stereocenters. The molecule has 0 aliphatic carbocycles. The van der Waals surface area contributed by atoms with Crippen LogP contribution in [-0.2, 0) is 16.7 Å². The zero-order chi connectivity index (χ0) is 22.1. The molecule has 1 aliphatic heterocycles. The Labute approximate surface area is 198 Å². The third-order valence-electron chi connectivity index (χ3n) is 4.63. The molecule has 4 rings (SSSR count). The first-order chi connectivity index (χ1) is 14.0. The first-order valence-electron chi connectivity index (χ1n) is 8.79. The van der Waals surface area contributed by atoms with E-state index in [9.17, 15) is 8.42 Å². The molecule has 3 aromatic rings. The van der Waals surface area contributed by atoms with Crippen molar-refractivity contribution in [1.29, 1.82) is 0 Å². The van der Waals surface area contributed by atoms with Crippen molar-refractivity contribution in [3.8, 4) is 0 Å². The van der Waals surface area contributed by atoms with Crippen LogP contribution in [0.1, 0.15) is 22.6 Å². The second-order valence-corrected chi connectivity index (χ2v) is 11.9. The van der Waals surface area contributed by atoms with Crippen LogP contribution in [0.5, 0.6) is 0 Å². The molecular weight excluding hydrogens is 531 g/mol. The van der Waals surface area contributed by atoms with Gasteiger partial charge in [-0.05, 0) is 76.1 Å². The molecular formula is C20H19BrCl2N2O3S2. The minimum Gasteiger partial charge on any atom is -0.399 e. The molecule has 0 spiro atoms. The van der Waals surface area contributed by atoms with Gasteiger partial charge in [0.05, 0.1) is 3.79 Å². The van der Waals surface area contributed by atoms with Crippen molar-refractivity contribution in [2.24, 2.45) is 0 Å². The number of fused-ring (bicyclic) bond motifs is 1. The van der Waals surface area contributed by atoms with Crippen molar-refractivity contribution < 1.29 is 13.0 Å². The highest BCUT2D eigenvalue weighted by molar-refractivity contribution is 9.11. The fraction of sp³-hybridized carbons (Fsp3) is 0.200. The average Bonchev–Trinajstić information content (AvgIpc) is 3.10. The topological polar surface area (TPSA) is 83.6 Å². The fourth-order valence-corrected chi connectivity index (χ4v) is 6.24. The third kappa shape index (κ3) is 5.76. The highest BCUT2D eigenvalue weighted by Crippen LogP contribution is 2.38. The van der Waals surface area contributed by atoms with Gasteiger partial charge in [-0.2, -0.15) is 8.42 Å². The Kier molecular flexibility index (Phi) is 7.50. The number of nitrogen functional groups attached to an aromatic ring is 1. The van der Waals surface area contributed by atoms with E-state index in [1.165, 1.54) is 22.8 Å². The minimum atomic E-state index is -3.99. The Bertz CT molecular complexity index is 1150. The lowest BCUT2D eigenvalue weighted by atomic mass is 9.85. The standard InChI is InChI=1S/C16H16Cl2N2.C4H3BrO3S2/c1-20-8-14(10-2-4-12(19)5-3-10)13-6-11(17)7-16(18)15(13)9-20;5-3-1-2-4(9-3)10(6,7)8/h2-7,14H,8-9,19H2,1H3;1-2H,(H,6,7,8). The van der Waals surface area contributed by atoms with E-state index in [0.29, 0.717) is 8.81 Å². The third-order valence-corrected chi connectivity index (χ3v) is 8.13. The Balaban J connectivity index is 0.000000216. The first-order valence-corrected chi connectivity index (χ1v) is 12.6. The van der Waals surface area contributed by atoms with E-state index in [1.54, 1.807) is 6.07 Å². The average molecular weight is 550 g/mol. The maximum Gasteiger partial charge on any atom is 0.304 e. The molecule has 1 aliphatic rings. The van der Waals surface area contributed by atoms with Crippen LogP contribution in [0.25, 0.3) is 0 Å². The highest BCUT2D eigenvalue weighted by Gasteiger charge is 2.26. The van der Waals surface area contributed by atoms with Gasteiger partial charge in [-0.3, -0.25) is 4.55 Å². The van der Waals surface area contributed by atoms with Crippen LogP contribution >= 0.6 is 50.5 Å². The van der Waals surface area contributed by atoms with Gasteiger partial charge in [0.25, 0.3) is 0 Å². The number of nitrogens with zero attached hydrogens (tertiary/aromatic N) is 1. The van der Waals surface area contributed by atoms with Crippen LogP contribution in [0.3, 0.4) is 0 Å². The summed E-state index contributed by atoms with van der Waals surface area (Å²) in [4.78, 5) is 2.28. The first kappa shape index (κ1) is 23.5. The molecule has 10 heteroatoms. The predicted molar refractivity (Wildman–Crippen MR) is 127 cm³/mol. The Morgan fingerprint density at radius 3 is 2.37 bits per heavy atom. The number of hydrogen-bond acceptors (Lipinski definition) is 5. The fourth-order valence-electron chi connectivity index (χ4n) is 3.30. The number of nitrogens with two attached hydrogens (primary N) is 1. The van der Waals surface area contributed by atoms with E-state index in [1.807, 2.05) is 24.3 Å². The number of halogens is 3. The molecule has 0 fully saturated rings. The second-order valence-electron chi connectivity index (χ2n) is 6.91. The lowest BCUT2D eigenvalue weighted by Gasteiger charge is -2.33. The molecule has 0 saturated carbocycles. The number of hydrogen-bond donors (Lipinski definition) is 2. The molecule has 5 nitrogen and oxygen atoms in total. The van der Waals surface area contributed by atoms with Crippen molar-refractivity contribution in [3.63, 3.8) is 0 Å². The monoisotopic (exact) mass is 548 g/mol. The van der Waals surface area contributed by atoms with E-state index in [0.717, 1.165) is 35.1 Å². The summed E-state index contributed by atoms with van der Waals surface area (Å²) in [7, 11) is -1.88. The van der Waals surface area contributed by atoms with Gasteiger partial charge in [0, 0.05) is 34.7 Å². The molecule has 0 radical (unpaired) electrons. The van der Waals surface area contributed by atoms with Gasteiger partial charge >= 0.3 is 10.1 Å². The summed E-state index contributed by atoms with van der Waals surface area (Å²) in [5.41, 5.74) is 10.2.